The van der Waals surface area contributed by atoms with E-state index in [0.29, 0.717) is 24.5 Å². The molecule has 2 rings (SSSR count). The topological polar surface area (TPSA) is 66.6 Å². The standard InChI is InChI=1S/C9H13N3O2S/c1-11-6-7-12(15(11,13)14)9-4-2-8(10)3-5-9/h2-5H,6-7,10H2,1H3. The Hall–Kier alpha value is -1.27. The highest BCUT2D eigenvalue weighted by atomic mass is 32.2. The van der Waals surface area contributed by atoms with E-state index < -0.39 is 10.2 Å². The summed E-state index contributed by atoms with van der Waals surface area (Å²) in [6, 6.07) is 6.82. The maximum Gasteiger partial charge on any atom is 0.303 e. The number of likely N-dealkylation sites (N-methyl/N-ethyl adjacent to an activating group) is 1. The molecule has 1 aromatic carbocycles. The highest BCUT2D eigenvalue weighted by molar-refractivity contribution is 7.90. The molecule has 1 aromatic rings. The quantitative estimate of drug-likeness (QED) is 0.700. The fraction of sp³-hybridized carbons (Fsp3) is 0.333. The van der Waals surface area contributed by atoms with Crippen LogP contribution < -0.4 is 10.0 Å². The first-order valence-electron chi connectivity index (χ1n) is 4.61. The second-order valence-electron chi connectivity index (χ2n) is 3.49. The van der Waals surface area contributed by atoms with Gasteiger partial charge in [0.2, 0.25) is 0 Å². The molecule has 0 aliphatic carbocycles. The van der Waals surface area contributed by atoms with Crippen molar-refractivity contribution < 1.29 is 8.42 Å². The zero-order valence-electron chi connectivity index (χ0n) is 8.42. The van der Waals surface area contributed by atoms with Gasteiger partial charge in [0, 0.05) is 25.8 Å². The Kier molecular flexibility index (Phi) is 2.32. The highest BCUT2D eigenvalue weighted by Crippen LogP contribution is 2.24. The molecule has 0 spiro atoms. The van der Waals surface area contributed by atoms with E-state index in [2.05, 4.69) is 0 Å². The zero-order chi connectivity index (χ0) is 11.1. The molecule has 0 atom stereocenters. The van der Waals surface area contributed by atoms with Crippen LogP contribution in [0.1, 0.15) is 0 Å². The van der Waals surface area contributed by atoms with Gasteiger partial charge in [-0.2, -0.15) is 12.7 Å². The Labute approximate surface area is 89.3 Å². The SMILES string of the molecule is CN1CCN(c2ccc(N)cc2)S1(=O)=O. The third kappa shape index (κ3) is 1.66. The maximum atomic E-state index is 11.8. The Bertz CT molecular complexity index is 455. The summed E-state index contributed by atoms with van der Waals surface area (Å²) < 4.78 is 26.3. The molecule has 1 saturated heterocycles. The van der Waals surface area contributed by atoms with E-state index in [9.17, 15) is 8.42 Å². The van der Waals surface area contributed by atoms with Crippen molar-refractivity contribution in [2.45, 2.75) is 0 Å². The van der Waals surface area contributed by atoms with Crippen molar-refractivity contribution in [3.63, 3.8) is 0 Å². The lowest BCUT2D eigenvalue weighted by atomic mass is 10.3. The first kappa shape index (κ1) is 10.3. The normalized spacial score (nSPS) is 20.7. The van der Waals surface area contributed by atoms with E-state index in [0.717, 1.165) is 0 Å². The summed E-state index contributed by atoms with van der Waals surface area (Å²) in [5.74, 6) is 0. The molecule has 0 radical (unpaired) electrons. The van der Waals surface area contributed by atoms with E-state index in [1.807, 2.05) is 0 Å². The number of hydrogen-bond acceptors (Lipinski definition) is 3. The van der Waals surface area contributed by atoms with Crippen LogP contribution in [0.2, 0.25) is 0 Å². The first-order valence-corrected chi connectivity index (χ1v) is 6.01. The van der Waals surface area contributed by atoms with Crippen LogP contribution in [0, 0.1) is 0 Å². The highest BCUT2D eigenvalue weighted by Gasteiger charge is 2.33. The van der Waals surface area contributed by atoms with Crippen molar-refractivity contribution in [1.29, 1.82) is 0 Å². The molecule has 15 heavy (non-hydrogen) atoms. The molecule has 1 aliphatic rings. The number of nitrogens with two attached hydrogens (primary N) is 1. The number of nitrogen functional groups attached to an aromatic ring is 1. The third-order valence-corrected chi connectivity index (χ3v) is 4.39. The van der Waals surface area contributed by atoms with Crippen LogP contribution in [0.15, 0.2) is 24.3 Å². The van der Waals surface area contributed by atoms with Crippen LogP contribution in [0.5, 0.6) is 0 Å². The molecular weight excluding hydrogens is 214 g/mol. The average molecular weight is 227 g/mol. The number of anilines is 2. The van der Waals surface area contributed by atoms with Gasteiger partial charge in [0.25, 0.3) is 0 Å². The molecule has 0 amide bonds. The number of rotatable bonds is 1. The molecule has 0 aromatic heterocycles. The minimum Gasteiger partial charge on any atom is -0.399 e. The van der Waals surface area contributed by atoms with E-state index in [-0.39, 0.29) is 0 Å². The molecule has 5 nitrogen and oxygen atoms in total. The fourth-order valence-corrected chi connectivity index (χ4v) is 2.88. The van der Waals surface area contributed by atoms with E-state index in [4.69, 9.17) is 5.73 Å². The van der Waals surface area contributed by atoms with Crippen molar-refractivity contribution in [1.82, 2.24) is 4.31 Å². The molecule has 6 heteroatoms. The number of nitrogens with zero attached hydrogens (tertiary/aromatic N) is 2. The van der Waals surface area contributed by atoms with Crippen molar-refractivity contribution in [3.05, 3.63) is 24.3 Å². The smallest absolute Gasteiger partial charge is 0.303 e. The molecule has 1 fully saturated rings. The lowest BCUT2D eigenvalue weighted by Gasteiger charge is -2.17. The first-order chi connectivity index (χ1) is 7.01. The predicted molar refractivity (Wildman–Crippen MR) is 59.8 cm³/mol. The Morgan fingerprint density at radius 2 is 1.80 bits per heavy atom. The fourth-order valence-electron chi connectivity index (χ4n) is 1.53. The van der Waals surface area contributed by atoms with Crippen molar-refractivity contribution in [3.8, 4) is 0 Å². The van der Waals surface area contributed by atoms with Crippen molar-refractivity contribution in [2.75, 3.05) is 30.2 Å². The van der Waals surface area contributed by atoms with Crippen LogP contribution in [0.4, 0.5) is 11.4 Å². The Balaban J connectivity index is 2.37. The Morgan fingerprint density at radius 1 is 1.20 bits per heavy atom. The predicted octanol–water partition coefficient (Wildman–Crippen LogP) is 0.265. The van der Waals surface area contributed by atoms with Crippen LogP contribution in [-0.2, 0) is 10.2 Å². The molecule has 1 heterocycles. The van der Waals surface area contributed by atoms with Gasteiger partial charge in [0.1, 0.15) is 0 Å². The minimum atomic E-state index is -3.31. The van der Waals surface area contributed by atoms with Crippen LogP contribution in [-0.4, -0.2) is 32.9 Å². The molecule has 0 saturated carbocycles. The van der Waals surface area contributed by atoms with Crippen molar-refractivity contribution >= 4 is 21.6 Å². The second-order valence-corrected chi connectivity index (χ2v) is 5.45. The summed E-state index contributed by atoms with van der Waals surface area (Å²) in [5, 5.41) is 0. The van der Waals surface area contributed by atoms with Gasteiger partial charge < -0.3 is 5.73 Å². The Morgan fingerprint density at radius 3 is 2.27 bits per heavy atom. The molecule has 2 N–H and O–H groups in total. The summed E-state index contributed by atoms with van der Waals surface area (Å²) in [6.07, 6.45) is 0. The number of hydrogen-bond donors (Lipinski definition) is 1. The van der Waals surface area contributed by atoms with E-state index >= 15 is 0 Å². The molecule has 82 valence electrons. The molecular formula is C9H13N3O2S. The third-order valence-electron chi connectivity index (χ3n) is 2.47. The van der Waals surface area contributed by atoms with Gasteiger partial charge in [-0.1, -0.05) is 0 Å². The summed E-state index contributed by atoms with van der Waals surface area (Å²) in [7, 11) is -1.73. The van der Waals surface area contributed by atoms with Gasteiger partial charge >= 0.3 is 10.2 Å². The van der Waals surface area contributed by atoms with Crippen molar-refractivity contribution in [2.24, 2.45) is 0 Å². The number of benzene rings is 1. The zero-order valence-corrected chi connectivity index (χ0v) is 9.24. The van der Waals surface area contributed by atoms with Crippen LogP contribution in [0.3, 0.4) is 0 Å². The molecule has 1 aliphatic heterocycles. The second kappa shape index (κ2) is 3.39. The lowest BCUT2D eigenvalue weighted by Crippen LogP contribution is -2.30. The monoisotopic (exact) mass is 227 g/mol. The van der Waals surface area contributed by atoms with Crippen LogP contribution in [0.25, 0.3) is 0 Å². The van der Waals surface area contributed by atoms with Gasteiger partial charge in [-0.05, 0) is 24.3 Å². The maximum absolute atomic E-state index is 11.8. The van der Waals surface area contributed by atoms with Gasteiger partial charge in [0.15, 0.2) is 0 Å². The molecule has 0 bridgehead atoms. The summed E-state index contributed by atoms with van der Waals surface area (Å²) in [6.45, 7) is 1.01. The van der Waals surface area contributed by atoms with Crippen LogP contribution >= 0.6 is 0 Å². The molecule has 0 unspecified atom stereocenters. The lowest BCUT2D eigenvalue weighted by molar-refractivity contribution is 0.511. The van der Waals surface area contributed by atoms with Gasteiger partial charge in [0.05, 0.1) is 5.69 Å². The van der Waals surface area contributed by atoms with Gasteiger partial charge in [-0.25, -0.2) is 0 Å². The largest absolute Gasteiger partial charge is 0.399 e. The summed E-state index contributed by atoms with van der Waals surface area (Å²) in [5.41, 5.74) is 6.83. The van der Waals surface area contributed by atoms with E-state index in [1.54, 1.807) is 31.3 Å². The van der Waals surface area contributed by atoms with Gasteiger partial charge in [-0.15, -0.1) is 0 Å². The summed E-state index contributed by atoms with van der Waals surface area (Å²) in [4.78, 5) is 0. The minimum absolute atomic E-state index is 0.489. The average Bonchev–Trinajstić information content (AvgIpc) is 2.44. The van der Waals surface area contributed by atoms with E-state index in [1.165, 1.54) is 8.61 Å². The summed E-state index contributed by atoms with van der Waals surface area (Å²) >= 11 is 0. The van der Waals surface area contributed by atoms with Gasteiger partial charge in [-0.3, -0.25) is 4.31 Å².